The lowest BCUT2D eigenvalue weighted by Crippen LogP contribution is -2.14. The van der Waals surface area contributed by atoms with Crippen LogP contribution in [0.25, 0.3) is 0 Å². The van der Waals surface area contributed by atoms with Crippen LogP contribution >= 0.6 is 0 Å². The maximum Gasteiger partial charge on any atom is 0.296 e. The van der Waals surface area contributed by atoms with Crippen LogP contribution in [-0.2, 0) is 0 Å². The summed E-state index contributed by atoms with van der Waals surface area (Å²) in [6, 6.07) is 0. The first-order valence-electron chi connectivity index (χ1n) is 5.31. The summed E-state index contributed by atoms with van der Waals surface area (Å²) in [5, 5.41) is 15.8. The smallest absolute Gasteiger partial charge is 0.296 e. The first-order valence-corrected chi connectivity index (χ1v) is 5.31. The molecular formula is C10H14N6O. The summed E-state index contributed by atoms with van der Waals surface area (Å²) in [6.07, 6.45) is 1.63. The Kier molecular flexibility index (Phi) is 2.90. The molecular weight excluding hydrogens is 220 g/mol. The van der Waals surface area contributed by atoms with E-state index >= 15 is 0 Å². The second-order valence-corrected chi connectivity index (χ2v) is 4.08. The van der Waals surface area contributed by atoms with Gasteiger partial charge in [0.1, 0.15) is 11.6 Å². The molecule has 90 valence electrons. The molecule has 0 aliphatic heterocycles. The van der Waals surface area contributed by atoms with Crippen molar-refractivity contribution in [3.63, 3.8) is 0 Å². The lowest BCUT2D eigenvalue weighted by molar-refractivity contribution is 0.101. The SMILES string of the molecule is Cc1cn[nH]c1NC(=O)c1n[nH]c(C(C)C)n1. The van der Waals surface area contributed by atoms with Gasteiger partial charge in [0.2, 0.25) is 5.82 Å². The zero-order valence-electron chi connectivity index (χ0n) is 9.90. The third kappa shape index (κ3) is 2.32. The third-order valence-corrected chi connectivity index (χ3v) is 2.32. The molecule has 0 saturated carbocycles. The monoisotopic (exact) mass is 234 g/mol. The maximum atomic E-state index is 11.8. The standard InChI is InChI=1S/C10H14N6O/c1-5(2)7-12-9(16-15-7)10(17)13-8-6(3)4-11-14-8/h4-5H,1-3H3,(H,12,15,16)(H2,11,13,14,17). The molecule has 0 bridgehead atoms. The summed E-state index contributed by atoms with van der Waals surface area (Å²) in [6.45, 7) is 5.79. The molecule has 0 aliphatic carbocycles. The topological polar surface area (TPSA) is 99.4 Å². The van der Waals surface area contributed by atoms with Crippen LogP contribution in [-0.4, -0.2) is 31.3 Å². The van der Waals surface area contributed by atoms with Gasteiger partial charge in [0.15, 0.2) is 0 Å². The van der Waals surface area contributed by atoms with Crippen molar-refractivity contribution in [2.45, 2.75) is 26.7 Å². The van der Waals surface area contributed by atoms with Crippen molar-refractivity contribution in [3.8, 4) is 0 Å². The predicted molar refractivity (Wildman–Crippen MR) is 61.7 cm³/mol. The molecule has 0 atom stereocenters. The Bertz CT molecular complexity index is 526. The number of rotatable bonds is 3. The molecule has 3 N–H and O–H groups in total. The van der Waals surface area contributed by atoms with Crippen molar-refractivity contribution in [3.05, 3.63) is 23.4 Å². The van der Waals surface area contributed by atoms with Gasteiger partial charge in [0.05, 0.1) is 6.20 Å². The number of carbonyl (C=O) groups is 1. The fourth-order valence-electron chi connectivity index (χ4n) is 1.28. The van der Waals surface area contributed by atoms with Gasteiger partial charge >= 0.3 is 0 Å². The average Bonchev–Trinajstić information content (AvgIpc) is 2.88. The lowest BCUT2D eigenvalue weighted by atomic mass is 10.2. The van der Waals surface area contributed by atoms with Crippen LogP contribution in [0.3, 0.4) is 0 Å². The zero-order chi connectivity index (χ0) is 12.4. The number of nitrogens with one attached hydrogen (secondary N) is 3. The van der Waals surface area contributed by atoms with E-state index in [-0.39, 0.29) is 17.6 Å². The Hall–Kier alpha value is -2.18. The van der Waals surface area contributed by atoms with Crippen molar-refractivity contribution >= 4 is 11.7 Å². The minimum absolute atomic E-state index is 0.127. The molecule has 2 aromatic heterocycles. The summed E-state index contributed by atoms with van der Waals surface area (Å²) in [5.74, 6) is 1.23. The van der Waals surface area contributed by atoms with Gasteiger partial charge in [-0.1, -0.05) is 13.8 Å². The van der Waals surface area contributed by atoms with Crippen LogP contribution in [0.15, 0.2) is 6.20 Å². The second kappa shape index (κ2) is 4.36. The van der Waals surface area contributed by atoms with E-state index < -0.39 is 0 Å². The van der Waals surface area contributed by atoms with E-state index in [1.165, 1.54) is 0 Å². The highest BCUT2D eigenvalue weighted by molar-refractivity contribution is 6.01. The number of carbonyl (C=O) groups excluding carboxylic acids is 1. The first kappa shape index (κ1) is 11.3. The normalized spacial score (nSPS) is 10.8. The molecule has 2 heterocycles. The minimum Gasteiger partial charge on any atom is -0.304 e. The number of aromatic amines is 2. The molecule has 0 unspecified atom stereocenters. The fourth-order valence-corrected chi connectivity index (χ4v) is 1.28. The Morgan fingerprint density at radius 3 is 2.71 bits per heavy atom. The first-order chi connectivity index (χ1) is 8.08. The number of aryl methyl sites for hydroxylation is 1. The molecule has 17 heavy (non-hydrogen) atoms. The molecule has 0 radical (unpaired) electrons. The van der Waals surface area contributed by atoms with E-state index in [2.05, 4.69) is 30.7 Å². The van der Waals surface area contributed by atoms with E-state index in [0.29, 0.717) is 11.6 Å². The van der Waals surface area contributed by atoms with Crippen LogP contribution < -0.4 is 5.32 Å². The number of hydrogen-bond acceptors (Lipinski definition) is 4. The number of aromatic nitrogens is 5. The maximum absolute atomic E-state index is 11.8. The summed E-state index contributed by atoms with van der Waals surface area (Å²) < 4.78 is 0. The molecule has 0 spiro atoms. The number of anilines is 1. The number of H-pyrrole nitrogens is 2. The summed E-state index contributed by atoms with van der Waals surface area (Å²) in [7, 11) is 0. The molecule has 0 aromatic carbocycles. The van der Waals surface area contributed by atoms with E-state index in [4.69, 9.17) is 0 Å². The average molecular weight is 234 g/mol. The zero-order valence-corrected chi connectivity index (χ0v) is 9.90. The van der Waals surface area contributed by atoms with Crippen molar-refractivity contribution < 1.29 is 4.79 Å². The molecule has 2 aromatic rings. The Morgan fingerprint density at radius 1 is 1.41 bits per heavy atom. The van der Waals surface area contributed by atoms with Gasteiger partial charge in [-0.25, -0.2) is 4.98 Å². The molecule has 0 fully saturated rings. The number of hydrogen-bond donors (Lipinski definition) is 3. The number of amides is 1. The lowest BCUT2D eigenvalue weighted by Gasteiger charge is -1.99. The van der Waals surface area contributed by atoms with Crippen LogP contribution in [0.1, 0.15) is 41.8 Å². The van der Waals surface area contributed by atoms with Gasteiger partial charge in [-0.3, -0.25) is 15.0 Å². The Labute approximate surface area is 98.0 Å². The number of nitrogens with zero attached hydrogens (tertiary/aromatic N) is 3. The van der Waals surface area contributed by atoms with E-state index in [9.17, 15) is 4.79 Å². The van der Waals surface area contributed by atoms with Crippen molar-refractivity contribution in [1.29, 1.82) is 0 Å². The largest absolute Gasteiger partial charge is 0.304 e. The molecule has 2 rings (SSSR count). The third-order valence-electron chi connectivity index (χ3n) is 2.32. The molecule has 0 aliphatic rings. The molecule has 1 amide bonds. The Morgan fingerprint density at radius 2 is 2.18 bits per heavy atom. The molecule has 7 heteroatoms. The van der Waals surface area contributed by atoms with Crippen LogP contribution in [0.2, 0.25) is 0 Å². The van der Waals surface area contributed by atoms with Crippen molar-refractivity contribution in [2.75, 3.05) is 5.32 Å². The highest BCUT2D eigenvalue weighted by atomic mass is 16.2. The van der Waals surface area contributed by atoms with Gasteiger partial charge < -0.3 is 5.32 Å². The quantitative estimate of drug-likeness (QED) is 0.743. The van der Waals surface area contributed by atoms with E-state index in [0.717, 1.165) is 5.56 Å². The van der Waals surface area contributed by atoms with E-state index in [1.54, 1.807) is 6.20 Å². The van der Waals surface area contributed by atoms with Crippen molar-refractivity contribution in [1.82, 2.24) is 25.4 Å². The van der Waals surface area contributed by atoms with Crippen LogP contribution in [0, 0.1) is 6.92 Å². The van der Waals surface area contributed by atoms with Gasteiger partial charge in [-0.15, -0.1) is 5.10 Å². The minimum atomic E-state index is -0.361. The fraction of sp³-hybridized carbons (Fsp3) is 0.400. The van der Waals surface area contributed by atoms with Crippen LogP contribution in [0.4, 0.5) is 5.82 Å². The molecule has 7 nitrogen and oxygen atoms in total. The van der Waals surface area contributed by atoms with Gasteiger partial charge in [0.25, 0.3) is 5.91 Å². The summed E-state index contributed by atoms with van der Waals surface area (Å²) in [5.41, 5.74) is 0.859. The summed E-state index contributed by atoms with van der Waals surface area (Å²) in [4.78, 5) is 15.9. The highest BCUT2D eigenvalue weighted by Gasteiger charge is 2.15. The molecule has 0 saturated heterocycles. The van der Waals surface area contributed by atoms with E-state index in [1.807, 2.05) is 20.8 Å². The van der Waals surface area contributed by atoms with Crippen LogP contribution in [0.5, 0.6) is 0 Å². The predicted octanol–water partition coefficient (Wildman–Crippen LogP) is 1.21. The van der Waals surface area contributed by atoms with Gasteiger partial charge in [0, 0.05) is 11.5 Å². The summed E-state index contributed by atoms with van der Waals surface area (Å²) >= 11 is 0. The second-order valence-electron chi connectivity index (χ2n) is 4.08. The van der Waals surface area contributed by atoms with Gasteiger partial charge in [-0.2, -0.15) is 5.10 Å². The Balaban J connectivity index is 2.12. The van der Waals surface area contributed by atoms with Crippen molar-refractivity contribution in [2.24, 2.45) is 0 Å². The van der Waals surface area contributed by atoms with Gasteiger partial charge in [-0.05, 0) is 6.92 Å². The highest BCUT2D eigenvalue weighted by Crippen LogP contribution is 2.11.